The van der Waals surface area contributed by atoms with Gasteiger partial charge in [0.1, 0.15) is 0 Å². The van der Waals surface area contributed by atoms with E-state index in [9.17, 15) is 9.59 Å². The van der Waals surface area contributed by atoms with Crippen LogP contribution in [0.4, 0.5) is 0 Å². The van der Waals surface area contributed by atoms with Gasteiger partial charge in [0, 0.05) is 11.3 Å². The lowest BCUT2D eigenvalue weighted by molar-refractivity contribution is -0.123. The van der Waals surface area contributed by atoms with Crippen LogP contribution < -0.4 is 0 Å². The first-order valence-corrected chi connectivity index (χ1v) is 8.36. The van der Waals surface area contributed by atoms with Gasteiger partial charge in [0.25, 0.3) is 11.7 Å². The summed E-state index contributed by atoms with van der Waals surface area (Å²) in [6, 6.07) is 27.6. The SMILES string of the molecule is C=C(c1ccccc1)N(Cc1ccccc1)C(=O)C(=O)c1ccccc1. The Morgan fingerprint density at radius 3 is 1.69 bits per heavy atom. The maximum absolute atomic E-state index is 13.0. The molecule has 0 saturated heterocycles. The van der Waals surface area contributed by atoms with E-state index in [1.807, 2.05) is 66.7 Å². The molecule has 128 valence electrons. The Hall–Kier alpha value is -3.46. The second-order valence-corrected chi connectivity index (χ2v) is 5.88. The van der Waals surface area contributed by atoms with Crippen LogP contribution >= 0.6 is 0 Å². The summed E-state index contributed by atoms with van der Waals surface area (Å²) in [7, 11) is 0. The number of carbonyl (C=O) groups excluding carboxylic acids is 2. The topological polar surface area (TPSA) is 37.4 Å². The van der Waals surface area contributed by atoms with E-state index < -0.39 is 11.7 Å². The van der Waals surface area contributed by atoms with E-state index in [4.69, 9.17) is 0 Å². The van der Waals surface area contributed by atoms with Gasteiger partial charge in [-0.2, -0.15) is 0 Å². The van der Waals surface area contributed by atoms with Crippen LogP contribution in [-0.4, -0.2) is 16.6 Å². The van der Waals surface area contributed by atoms with Crippen molar-refractivity contribution in [3.05, 3.63) is 114 Å². The molecule has 0 aliphatic heterocycles. The monoisotopic (exact) mass is 341 g/mol. The van der Waals surface area contributed by atoms with Gasteiger partial charge >= 0.3 is 0 Å². The van der Waals surface area contributed by atoms with Crippen molar-refractivity contribution in [3.63, 3.8) is 0 Å². The van der Waals surface area contributed by atoms with E-state index in [2.05, 4.69) is 6.58 Å². The summed E-state index contributed by atoms with van der Waals surface area (Å²) < 4.78 is 0. The number of rotatable bonds is 6. The van der Waals surface area contributed by atoms with E-state index in [0.29, 0.717) is 11.3 Å². The highest BCUT2D eigenvalue weighted by Crippen LogP contribution is 2.21. The summed E-state index contributed by atoms with van der Waals surface area (Å²) in [6.45, 7) is 4.36. The van der Waals surface area contributed by atoms with Crippen molar-refractivity contribution in [2.45, 2.75) is 6.54 Å². The zero-order chi connectivity index (χ0) is 18.4. The molecule has 3 heteroatoms. The largest absolute Gasteiger partial charge is 0.301 e. The Bertz CT molecular complexity index is 903. The quantitative estimate of drug-likeness (QED) is 0.486. The molecule has 3 aromatic carbocycles. The molecule has 0 spiro atoms. The first-order valence-electron chi connectivity index (χ1n) is 8.36. The molecule has 0 bridgehead atoms. The van der Waals surface area contributed by atoms with Gasteiger partial charge in [-0.1, -0.05) is 97.6 Å². The maximum Gasteiger partial charge on any atom is 0.299 e. The zero-order valence-electron chi connectivity index (χ0n) is 14.3. The molecule has 0 aliphatic carbocycles. The number of hydrogen-bond donors (Lipinski definition) is 0. The molecule has 0 atom stereocenters. The second-order valence-electron chi connectivity index (χ2n) is 5.88. The smallest absolute Gasteiger partial charge is 0.299 e. The van der Waals surface area contributed by atoms with Gasteiger partial charge in [0.2, 0.25) is 0 Å². The summed E-state index contributed by atoms with van der Waals surface area (Å²) in [5.41, 5.74) is 2.61. The lowest BCUT2D eigenvalue weighted by Gasteiger charge is -2.24. The molecule has 0 fully saturated rings. The number of amides is 1. The van der Waals surface area contributed by atoms with Crippen molar-refractivity contribution in [1.82, 2.24) is 4.90 Å². The number of Topliss-reactive ketones (excluding diaryl/α,β-unsaturated/α-hetero) is 1. The summed E-state index contributed by atoms with van der Waals surface area (Å²) in [6.07, 6.45) is 0. The van der Waals surface area contributed by atoms with Crippen LogP contribution in [0, 0.1) is 0 Å². The fourth-order valence-electron chi connectivity index (χ4n) is 2.68. The van der Waals surface area contributed by atoms with Crippen LogP contribution in [0.2, 0.25) is 0 Å². The molecule has 0 radical (unpaired) electrons. The van der Waals surface area contributed by atoms with Crippen LogP contribution in [0.5, 0.6) is 0 Å². The van der Waals surface area contributed by atoms with Crippen molar-refractivity contribution in [2.75, 3.05) is 0 Å². The van der Waals surface area contributed by atoms with Crippen LogP contribution in [0.15, 0.2) is 97.6 Å². The zero-order valence-corrected chi connectivity index (χ0v) is 14.3. The van der Waals surface area contributed by atoms with Crippen LogP contribution in [0.1, 0.15) is 21.5 Å². The Morgan fingerprint density at radius 1 is 0.692 bits per heavy atom. The summed E-state index contributed by atoms with van der Waals surface area (Å²) >= 11 is 0. The van der Waals surface area contributed by atoms with Crippen molar-refractivity contribution >= 4 is 17.4 Å². The molecule has 1 amide bonds. The Labute approximate surface area is 153 Å². The molecule has 3 nitrogen and oxygen atoms in total. The average Bonchev–Trinajstić information content (AvgIpc) is 2.72. The number of hydrogen-bond acceptors (Lipinski definition) is 2. The number of benzene rings is 3. The van der Waals surface area contributed by atoms with E-state index >= 15 is 0 Å². The van der Waals surface area contributed by atoms with E-state index in [0.717, 1.165) is 11.1 Å². The summed E-state index contributed by atoms with van der Waals surface area (Å²) in [5.74, 6) is -1.13. The molecule has 0 unspecified atom stereocenters. The first-order chi connectivity index (χ1) is 12.7. The third kappa shape index (κ3) is 3.95. The molecular weight excluding hydrogens is 322 g/mol. The van der Waals surface area contributed by atoms with Crippen LogP contribution in [0.3, 0.4) is 0 Å². The van der Waals surface area contributed by atoms with Crippen molar-refractivity contribution < 1.29 is 9.59 Å². The highest BCUT2D eigenvalue weighted by Gasteiger charge is 2.26. The molecule has 0 N–H and O–H groups in total. The van der Waals surface area contributed by atoms with Gasteiger partial charge < -0.3 is 4.90 Å². The average molecular weight is 341 g/mol. The normalized spacial score (nSPS) is 10.2. The van der Waals surface area contributed by atoms with Crippen LogP contribution in [0.25, 0.3) is 5.70 Å². The van der Waals surface area contributed by atoms with Crippen LogP contribution in [-0.2, 0) is 11.3 Å². The minimum atomic E-state index is -0.589. The summed E-state index contributed by atoms with van der Waals surface area (Å²) in [5, 5.41) is 0. The Kier molecular flexibility index (Phi) is 5.40. The minimum Gasteiger partial charge on any atom is -0.301 e. The van der Waals surface area contributed by atoms with Gasteiger partial charge in [-0.15, -0.1) is 0 Å². The minimum absolute atomic E-state index is 0.284. The first kappa shape index (κ1) is 17.4. The lowest BCUT2D eigenvalue weighted by atomic mass is 10.1. The van der Waals surface area contributed by atoms with Gasteiger partial charge in [-0.05, 0) is 11.1 Å². The summed E-state index contributed by atoms with van der Waals surface area (Å²) in [4.78, 5) is 27.1. The highest BCUT2D eigenvalue weighted by molar-refractivity contribution is 6.43. The molecule has 0 heterocycles. The number of nitrogens with zero attached hydrogens (tertiary/aromatic N) is 1. The van der Waals surface area contributed by atoms with Gasteiger partial charge in [0.05, 0.1) is 6.54 Å². The fourth-order valence-corrected chi connectivity index (χ4v) is 2.68. The predicted molar refractivity (Wildman–Crippen MR) is 103 cm³/mol. The third-order valence-electron chi connectivity index (χ3n) is 4.09. The predicted octanol–water partition coefficient (Wildman–Crippen LogP) is 4.57. The molecule has 0 aromatic heterocycles. The van der Waals surface area contributed by atoms with Gasteiger partial charge in [-0.3, -0.25) is 9.59 Å². The van der Waals surface area contributed by atoms with E-state index in [1.54, 1.807) is 24.3 Å². The Balaban J connectivity index is 1.93. The Morgan fingerprint density at radius 2 is 1.15 bits per heavy atom. The van der Waals surface area contributed by atoms with Crippen molar-refractivity contribution in [1.29, 1.82) is 0 Å². The fraction of sp³-hybridized carbons (Fsp3) is 0.0435. The number of carbonyl (C=O) groups is 2. The van der Waals surface area contributed by atoms with E-state index in [-0.39, 0.29) is 6.54 Å². The molecule has 26 heavy (non-hydrogen) atoms. The molecule has 3 aromatic rings. The second kappa shape index (κ2) is 8.08. The lowest BCUT2D eigenvalue weighted by Crippen LogP contribution is -2.34. The van der Waals surface area contributed by atoms with Gasteiger partial charge in [0.15, 0.2) is 0 Å². The van der Waals surface area contributed by atoms with Crippen molar-refractivity contribution in [2.24, 2.45) is 0 Å². The maximum atomic E-state index is 13.0. The molecule has 0 aliphatic rings. The third-order valence-corrected chi connectivity index (χ3v) is 4.09. The van der Waals surface area contributed by atoms with E-state index in [1.165, 1.54) is 4.90 Å². The van der Waals surface area contributed by atoms with Crippen molar-refractivity contribution in [3.8, 4) is 0 Å². The molecular formula is C23H19NO2. The van der Waals surface area contributed by atoms with Gasteiger partial charge in [-0.25, -0.2) is 0 Å². The number of ketones is 1. The molecule has 0 saturated carbocycles. The molecule has 3 rings (SSSR count). The highest BCUT2D eigenvalue weighted by atomic mass is 16.2. The standard InChI is InChI=1S/C23H19NO2/c1-18(20-13-7-3-8-14-20)24(17-19-11-5-2-6-12-19)23(26)22(25)21-15-9-4-10-16-21/h2-16H,1,17H2.